The summed E-state index contributed by atoms with van der Waals surface area (Å²) < 4.78 is 11.6. The molecule has 0 radical (unpaired) electrons. The number of carboxylic acid groups (broad SMARTS) is 2. The number of hydrogen-bond donors (Lipinski definition) is 4. The average Bonchev–Trinajstić information content (AvgIpc) is 3.29. The number of carbonyl (C=O) groups excluding carboxylic acids is 1. The number of aromatic nitrogens is 1. The van der Waals surface area contributed by atoms with Gasteiger partial charge in [-0.05, 0) is 25.7 Å². The third-order valence-electron chi connectivity index (χ3n) is 7.40. The monoisotopic (exact) mass is 556 g/mol. The molecule has 1 aromatic heterocycles. The van der Waals surface area contributed by atoms with Gasteiger partial charge in [0.2, 0.25) is 0 Å². The van der Waals surface area contributed by atoms with Crippen LogP contribution in [0.5, 0.6) is 5.19 Å². The quantitative estimate of drug-likeness (QED) is 0.378. The standard InChI is InChI=1S/C20H30N4O3S.C4H6O6/c25-20(23-10-12-26-13-11-23)24-9-6-17-18(14-24)28-19(21-17)27-16-4-7-22(8-5-16)15-2-1-3-15;5-1(3(7)8)2(6)4(9)10/h15-16H,1-14H2;1-2,5-6H,(H,7,8)(H,9,10). The molecule has 3 fully saturated rings. The van der Waals surface area contributed by atoms with Crippen molar-refractivity contribution < 1.29 is 44.3 Å². The molecule has 2 atom stereocenters. The Bertz CT molecular complexity index is 956. The summed E-state index contributed by atoms with van der Waals surface area (Å²) in [6.07, 6.45) is 2.94. The minimum absolute atomic E-state index is 0.133. The Morgan fingerprint density at radius 3 is 2.11 bits per heavy atom. The molecule has 1 saturated carbocycles. The number of hydrogen-bond acceptors (Lipinski definition) is 10. The lowest BCUT2D eigenvalue weighted by atomic mass is 9.90. The smallest absolute Gasteiger partial charge is 0.335 e. The predicted molar refractivity (Wildman–Crippen MR) is 134 cm³/mol. The van der Waals surface area contributed by atoms with Crippen LogP contribution in [0.15, 0.2) is 0 Å². The van der Waals surface area contributed by atoms with Gasteiger partial charge in [0.1, 0.15) is 6.10 Å². The fraction of sp³-hybridized carbons (Fsp3) is 0.750. The van der Waals surface area contributed by atoms with Crippen LogP contribution in [0.25, 0.3) is 0 Å². The lowest BCUT2D eigenvalue weighted by Crippen LogP contribution is -2.49. The van der Waals surface area contributed by atoms with Crippen LogP contribution in [0, 0.1) is 0 Å². The van der Waals surface area contributed by atoms with E-state index in [0.717, 1.165) is 55.8 Å². The molecule has 212 valence electrons. The second kappa shape index (κ2) is 13.0. The molecule has 0 spiro atoms. The minimum atomic E-state index is -2.27. The number of carboxylic acids is 2. The maximum atomic E-state index is 12.7. The summed E-state index contributed by atoms with van der Waals surface area (Å²) in [5.74, 6) is -3.54. The molecule has 4 aliphatic rings. The molecule has 0 aromatic carbocycles. The third-order valence-corrected chi connectivity index (χ3v) is 8.38. The van der Waals surface area contributed by atoms with Gasteiger partial charge in [-0.2, -0.15) is 0 Å². The van der Waals surface area contributed by atoms with Crippen LogP contribution < -0.4 is 4.74 Å². The van der Waals surface area contributed by atoms with E-state index in [1.807, 2.05) is 9.80 Å². The largest absolute Gasteiger partial charge is 0.479 e. The summed E-state index contributed by atoms with van der Waals surface area (Å²) in [7, 11) is 0. The van der Waals surface area contributed by atoms with Crippen molar-refractivity contribution in [1.82, 2.24) is 19.7 Å². The van der Waals surface area contributed by atoms with Crippen LogP contribution in [0.4, 0.5) is 4.79 Å². The number of amides is 2. The van der Waals surface area contributed by atoms with E-state index >= 15 is 0 Å². The Balaban J connectivity index is 0.000000289. The van der Waals surface area contributed by atoms with Crippen LogP contribution in [0.2, 0.25) is 0 Å². The van der Waals surface area contributed by atoms with Crippen LogP contribution in [-0.4, -0.2) is 128 Å². The first-order chi connectivity index (χ1) is 18.2. The van der Waals surface area contributed by atoms with E-state index in [4.69, 9.17) is 34.9 Å². The first-order valence-corrected chi connectivity index (χ1v) is 13.9. The number of piperidine rings is 1. The molecular formula is C24H36N4O9S. The summed E-state index contributed by atoms with van der Waals surface area (Å²) in [5, 5.41) is 33.3. The van der Waals surface area contributed by atoms with Gasteiger partial charge in [0.25, 0.3) is 5.19 Å². The second-order valence-corrected chi connectivity index (χ2v) is 11.0. The number of aliphatic carboxylic acids is 2. The zero-order valence-corrected chi connectivity index (χ0v) is 22.1. The molecule has 3 aliphatic heterocycles. The minimum Gasteiger partial charge on any atom is -0.479 e. The van der Waals surface area contributed by atoms with Crippen LogP contribution in [0.3, 0.4) is 0 Å². The molecule has 1 aromatic rings. The van der Waals surface area contributed by atoms with Crippen LogP contribution in [0.1, 0.15) is 42.7 Å². The average molecular weight is 557 g/mol. The molecular weight excluding hydrogens is 520 g/mol. The number of thiazole rings is 1. The predicted octanol–water partition coefficient (Wildman–Crippen LogP) is 0.227. The summed E-state index contributed by atoms with van der Waals surface area (Å²) >= 11 is 1.64. The molecule has 14 heteroatoms. The van der Waals surface area contributed by atoms with Crippen molar-refractivity contribution in [2.45, 2.75) is 69.4 Å². The molecule has 13 nitrogen and oxygen atoms in total. The molecule has 38 heavy (non-hydrogen) atoms. The highest BCUT2D eigenvalue weighted by molar-refractivity contribution is 7.13. The second-order valence-electron chi connectivity index (χ2n) is 9.91. The fourth-order valence-electron chi connectivity index (χ4n) is 4.86. The summed E-state index contributed by atoms with van der Waals surface area (Å²) in [6, 6.07) is 0.969. The molecule has 0 bridgehead atoms. The van der Waals surface area contributed by atoms with Gasteiger partial charge in [-0.1, -0.05) is 17.8 Å². The van der Waals surface area contributed by atoms with Gasteiger partial charge in [-0.3, -0.25) is 0 Å². The third kappa shape index (κ3) is 7.11. The highest BCUT2D eigenvalue weighted by Gasteiger charge is 2.32. The van der Waals surface area contributed by atoms with E-state index in [1.165, 1.54) is 24.1 Å². The number of likely N-dealkylation sites (tertiary alicyclic amines) is 1. The van der Waals surface area contributed by atoms with Gasteiger partial charge >= 0.3 is 18.0 Å². The summed E-state index contributed by atoms with van der Waals surface area (Å²) in [5.41, 5.74) is 1.12. The van der Waals surface area contributed by atoms with Crippen molar-refractivity contribution in [3.63, 3.8) is 0 Å². The lowest BCUT2D eigenvalue weighted by Gasteiger charge is -2.41. The number of carbonyl (C=O) groups is 3. The Hall–Kier alpha value is -2.52. The number of aliphatic hydroxyl groups excluding tert-OH is 2. The molecule has 4 N–H and O–H groups in total. The van der Waals surface area contributed by atoms with Gasteiger partial charge < -0.3 is 44.6 Å². The van der Waals surface area contributed by atoms with E-state index in [2.05, 4.69) is 4.90 Å². The van der Waals surface area contributed by atoms with Crippen LogP contribution in [-0.2, 0) is 27.3 Å². The Labute approximate surface area is 224 Å². The van der Waals surface area contributed by atoms with Gasteiger partial charge in [-0.25, -0.2) is 19.4 Å². The zero-order chi connectivity index (χ0) is 27.2. The maximum absolute atomic E-state index is 12.7. The van der Waals surface area contributed by atoms with E-state index in [9.17, 15) is 14.4 Å². The van der Waals surface area contributed by atoms with Crippen molar-refractivity contribution in [2.75, 3.05) is 45.9 Å². The van der Waals surface area contributed by atoms with Crippen molar-refractivity contribution >= 4 is 29.3 Å². The Morgan fingerprint density at radius 2 is 1.55 bits per heavy atom. The van der Waals surface area contributed by atoms with Gasteiger partial charge in [0.15, 0.2) is 12.2 Å². The molecule has 2 unspecified atom stereocenters. The number of ether oxygens (including phenoxy) is 2. The zero-order valence-electron chi connectivity index (χ0n) is 21.2. The van der Waals surface area contributed by atoms with E-state index < -0.39 is 24.1 Å². The maximum Gasteiger partial charge on any atom is 0.335 e. The number of nitrogens with zero attached hydrogens (tertiary/aromatic N) is 4. The number of urea groups is 1. The van der Waals surface area contributed by atoms with Crippen LogP contribution >= 0.6 is 11.3 Å². The molecule has 4 heterocycles. The molecule has 5 rings (SSSR count). The van der Waals surface area contributed by atoms with E-state index in [-0.39, 0.29) is 12.1 Å². The number of fused-ring (bicyclic) bond motifs is 1. The van der Waals surface area contributed by atoms with Gasteiger partial charge in [0, 0.05) is 45.2 Å². The van der Waals surface area contributed by atoms with Gasteiger partial charge in [0.05, 0.1) is 30.3 Å². The topological polar surface area (TPSA) is 173 Å². The SMILES string of the molecule is O=C(N1CCOCC1)N1CCc2nc(OC3CCN(C4CCC4)CC3)sc2C1.O=C(O)C(O)C(O)C(=O)O. The Morgan fingerprint density at radius 1 is 0.921 bits per heavy atom. The molecule has 2 amide bonds. The van der Waals surface area contributed by atoms with Crippen molar-refractivity contribution in [3.05, 3.63) is 10.6 Å². The van der Waals surface area contributed by atoms with Crippen molar-refractivity contribution in [3.8, 4) is 5.19 Å². The normalized spacial score (nSPS) is 22.4. The number of aliphatic hydroxyl groups is 2. The first-order valence-electron chi connectivity index (χ1n) is 13.1. The summed E-state index contributed by atoms with van der Waals surface area (Å²) in [4.78, 5) is 44.7. The molecule has 1 aliphatic carbocycles. The van der Waals surface area contributed by atoms with Gasteiger partial charge in [-0.15, -0.1) is 0 Å². The van der Waals surface area contributed by atoms with E-state index in [1.54, 1.807) is 11.3 Å². The number of morpholine rings is 1. The van der Waals surface area contributed by atoms with E-state index in [0.29, 0.717) is 32.8 Å². The fourth-order valence-corrected chi connectivity index (χ4v) is 5.90. The van der Waals surface area contributed by atoms with Crippen molar-refractivity contribution in [1.29, 1.82) is 0 Å². The highest BCUT2D eigenvalue weighted by Crippen LogP contribution is 2.33. The highest BCUT2D eigenvalue weighted by atomic mass is 32.1. The number of rotatable bonds is 6. The summed E-state index contributed by atoms with van der Waals surface area (Å²) in [6.45, 7) is 6.38. The molecule has 2 saturated heterocycles. The lowest BCUT2D eigenvalue weighted by molar-refractivity contribution is -0.165. The Kier molecular flexibility index (Phi) is 9.76. The van der Waals surface area contributed by atoms with Crippen molar-refractivity contribution in [2.24, 2.45) is 0 Å². The first kappa shape index (κ1) is 28.5.